The van der Waals surface area contributed by atoms with Gasteiger partial charge in [-0.1, -0.05) is 15.9 Å². The summed E-state index contributed by atoms with van der Waals surface area (Å²) in [6.45, 7) is 3.13. The van der Waals surface area contributed by atoms with Gasteiger partial charge < -0.3 is 0 Å². The zero-order chi connectivity index (χ0) is 8.10. The molecule has 1 aromatic rings. The molecule has 0 amide bonds. The molecule has 2 nitrogen and oxygen atoms in total. The standard InChI is InChI=1S/C8H13BrN2/c1-8-4-6-10-11(8)7-3-2-5-9/h4,6H,2-3,5,7H2,1H3. The number of hydrogen-bond acceptors (Lipinski definition) is 1. The molecule has 0 N–H and O–H groups in total. The average Bonchev–Trinajstić information content (AvgIpc) is 2.37. The zero-order valence-electron chi connectivity index (χ0n) is 6.76. The van der Waals surface area contributed by atoms with Crippen molar-refractivity contribution in [3.63, 3.8) is 0 Å². The minimum atomic E-state index is 1.05. The third-order valence-corrected chi connectivity index (χ3v) is 2.24. The highest BCUT2D eigenvalue weighted by Crippen LogP contribution is 2.00. The van der Waals surface area contributed by atoms with Crippen LogP contribution in [0.25, 0.3) is 0 Å². The molecular weight excluding hydrogens is 204 g/mol. The number of nitrogens with zero attached hydrogens (tertiary/aromatic N) is 2. The maximum Gasteiger partial charge on any atom is 0.0492 e. The van der Waals surface area contributed by atoms with E-state index >= 15 is 0 Å². The van der Waals surface area contributed by atoms with E-state index in [-0.39, 0.29) is 0 Å². The zero-order valence-corrected chi connectivity index (χ0v) is 8.34. The Bertz CT molecular complexity index is 208. The summed E-state index contributed by atoms with van der Waals surface area (Å²) in [6, 6.07) is 2.04. The fraction of sp³-hybridized carbons (Fsp3) is 0.625. The molecule has 0 aromatic carbocycles. The maximum absolute atomic E-state index is 4.19. The van der Waals surface area contributed by atoms with Crippen LogP contribution >= 0.6 is 15.9 Å². The summed E-state index contributed by atoms with van der Waals surface area (Å²) in [5.41, 5.74) is 1.25. The van der Waals surface area contributed by atoms with Crippen LogP contribution in [0.5, 0.6) is 0 Å². The molecule has 0 fully saturated rings. The van der Waals surface area contributed by atoms with Gasteiger partial charge in [0, 0.05) is 23.8 Å². The predicted octanol–water partition coefficient (Wildman–Crippen LogP) is 2.37. The van der Waals surface area contributed by atoms with E-state index in [1.54, 1.807) is 0 Å². The minimum absolute atomic E-state index is 1.05. The first-order chi connectivity index (χ1) is 5.34. The summed E-state index contributed by atoms with van der Waals surface area (Å²) >= 11 is 3.40. The van der Waals surface area contributed by atoms with Crippen molar-refractivity contribution >= 4 is 15.9 Å². The number of aromatic nitrogens is 2. The lowest BCUT2D eigenvalue weighted by Gasteiger charge is -2.01. The molecule has 0 spiro atoms. The van der Waals surface area contributed by atoms with E-state index < -0.39 is 0 Å². The molecule has 0 radical (unpaired) electrons. The molecule has 3 heteroatoms. The van der Waals surface area contributed by atoms with E-state index in [4.69, 9.17) is 0 Å². The van der Waals surface area contributed by atoms with Crippen LogP contribution in [-0.4, -0.2) is 15.1 Å². The van der Waals surface area contributed by atoms with E-state index in [0.717, 1.165) is 11.9 Å². The molecular formula is C8H13BrN2. The van der Waals surface area contributed by atoms with Gasteiger partial charge in [-0.3, -0.25) is 4.68 Å². The van der Waals surface area contributed by atoms with Gasteiger partial charge in [0.05, 0.1) is 0 Å². The second kappa shape index (κ2) is 4.54. The predicted molar refractivity (Wildman–Crippen MR) is 50.0 cm³/mol. The van der Waals surface area contributed by atoms with Gasteiger partial charge in [-0.25, -0.2) is 0 Å². The van der Waals surface area contributed by atoms with E-state index in [1.807, 2.05) is 16.9 Å². The van der Waals surface area contributed by atoms with Gasteiger partial charge in [-0.05, 0) is 25.8 Å². The Balaban J connectivity index is 2.32. The summed E-state index contributed by atoms with van der Waals surface area (Å²) in [6.07, 6.45) is 4.27. The monoisotopic (exact) mass is 216 g/mol. The molecule has 1 rings (SSSR count). The van der Waals surface area contributed by atoms with Crippen LogP contribution in [0.2, 0.25) is 0 Å². The topological polar surface area (TPSA) is 17.8 Å². The molecule has 0 aliphatic rings. The number of rotatable bonds is 4. The molecule has 11 heavy (non-hydrogen) atoms. The third kappa shape index (κ3) is 2.66. The van der Waals surface area contributed by atoms with Gasteiger partial charge in [0.1, 0.15) is 0 Å². The second-order valence-electron chi connectivity index (χ2n) is 2.59. The van der Waals surface area contributed by atoms with Crippen LogP contribution in [0.15, 0.2) is 12.3 Å². The number of unbranched alkanes of at least 4 members (excludes halogenated alkanes) is 1. The van der Waals surface area contributed by atoms with Crippen molar-refractivity contribution < 1.29 is 0 Å². The molecule has 0 aliphatic carbocycles. The molecule has 1 aromatic heterocycles. The lowest BCUT2D eigenvalue weighted by atomic mass is 10.3. The van der Waals surface area contributed by atoms with Crippen LogP contribution in [-0.2, 0) is 6.54 Å². The Labute approximate surface area is 75.7 Å². The third-order valence-electron chi connectivity index (χ3n) is 1.68. The maximum atomic E-state index is 4.19. The van der Waals surface area contributed by atoms with E-state index in [2.05, 4.69) is 28.0 Å². The molecule has 0 saturated carbocycles. The van der Waals surface area contributed by atoms with Crippen LogP contribution in [0, 0.1) is 6.92 Å². The smallest absolute Gasteiger partial charge is 0.0492 e. The van der Waals surface area contributed by atoms with Crippen molar-refractivity contribution in [1.82, 2.24) is 9.78 Å². The largest absolute Gasteiger partial charge is 0.270 e. The first kappa shape index (κ1) is 8.78. The fourth-order valence-electron chi connectivity index (χ4n) is 0.989. The minimum Gasteiger partial charge on any atom is -0.270 e. The summed E-state index contributed by atoms with van der Waals surface area (Å²) in [4.78, 5) is 0. The Kier molecular flexibility index (Phi) is 3.63. The van der Waals surface area contributed by atoms with E-state index in [9.17, 15) is 0 Å². The first-order valence-electron chi connectivity index (χ1n) is 3.89. The SMILES string of the molecule is Cc1ccnn1CCCCBr. The molecule has 1 heterocycles. The normalized spacial score (nSPS) is 10.4. The van der Waals surface area contributed by atoms with Gasteiger partial charge in [-0.2, -0.15) is 5.10 Å². The molecule has 0 bridgehead atoms. The lowest BCUT2D eigenvalue weighted by Crippen LogP contribution is -2.01. The summed E-state index contributed by atoms with van der Waals surface area (Å²) in [7, 11) is 0. The number of aryl methyl sites for hydroxylation is 2. The van der Waals surface area contributed by atoms with Crippen molar-refractivity contribution in [2.24, 2.45) is 0 Å². The summed E-state index contributed by atoms with van der Waals surface area (Å²) in [5, 5.41) is 5.28. The average molecular weight is 217 g/mol. The fourth-order valence-corrected chi connectivity index (χ4v) is 1.39. The van der Waals surface area contributed by atoms with Crippen molar-refractivity contribution in [3.05, 3.63) is 18.0 Å². The molecule has 0 aliphatic heterocycles. The Morgan fingerprint density at radius 3 is 2.91 bits per heavy atom. The van der Waals surface area contributed by atoms with Crippen LogP contribution < -0.4 is 0 Å². The summed E-state index contributed by atoms with van der Waals surface area (Å²) < 4.78 is 2.04. The molecule has 0 unspecified atom stereocenters. The van der Waals surface area contributed by atoms with Gasteiger partial charge in [0.15, 0.2) is 0 Å². The van der Waals surface area contributed by atoms with Crippen molar-refractivity contribution in [1.29, 1.82) is 0 Å². The highest BCUT2D eigenvalue weighted by atomic mass is 79.9. The van der Waals surface area contributed by atoms with Crippen molar-refractivity contribution in [2.75, 3.05) is 5.33 Å². The Hall–Kier alpha value is -0.310. The first-order valence-corrected chi connectivity index (χ1v) is 5.01. The van der Waals surface area contributed by atoms with Gasteiger partial charge in [0.2, 0.25) is 0 Å². The van der Waals surface area contributed by atoms with Crippen molar-refractivity contribution in [3.8, 4) is 0 Å². The van der Waals surface area contributed by atoms with Crippen LogP contribution in [0.4, 0.5) is 0 Å². The molecule has 0 atom stereocenters. The quantitative estimate of drug-likeness (QED) is 0.559. The second-order valence-corrected chi connectivity index (χ2v) is 3.38. The Morgan fingerprint density at radius 1 is 1.55 bits per heavy atom. The van der Waals surface area contributed by atoms with Crippen LogP contribution in [0.3, 0.4) is 0 Å². The van der Waals surface area contributed by atoms with Gasteiger partial charge in [-0.15, -0.1) is 0 Å². The number of hydrogen-bond donors (Lipinski definition) is 0. The highest BCUT2D eigenvalue weighted by molar-refractivity contribution is 9.09. The van der Waals surface area contributed by atoms with Gasteiger partial charge in [0.25, 0.3) is 0 Å². The highest BCUT2D eigenvalue weighted by Gasteiger charge is 1.94. The molecule has 62 valence electrons. The molecule has 0 saturated heterocycles. The van der Waals surface area contributed by atoms with Crippen LogP contribution in [0.1, 0.15) is 18.5 Å². The Morgan fingerprint density at radius 2 is 2.36 bits per heavy atom. The van der Waals surface area contributed by atoms with E-state index in [1.165, 1.54) is 18.5 Å². The summed E-state index contributed by atoms with van der Waals surface area (Å²) in [5.74, 6) is 0. The van der Waals surface area contributed by atoms with E-state index in [0.29, 0.717) is 0 Å². The lowest BCUT2D eigenvalue weighted by molar-refractivity contribution is 0.561. The van der Waals surface area contributed by atoms with Gasteiger partial charge >= 0.3 is 0 Å². The number of halogens is 1. The van der Waals surface area contributed by atoms with Crippen molar-refractivity contribution in [2.45, 2.75) is 26.3 Å². The number of alkyl halides is 1.